The summed E-state index contributed by atoms with van der Waals surface area (Å²) in [5.41, 5.74) is 2.92. The Labute approximate surface area is 154 Å². The van der Waals surface area contributed by atoms with Crippen LogP contribution in [0.5, 0.6) is 0 Å². The molecule has 0 atom stereocenters. The predicted molar refractivity (Wildman–Crippen MR) is 98.0 cm³/mol. The van der Waals surface area contributed by atoms with Crippen molar-refractivity contribution < 1.29 is 4.74 Å². The topological polar surface area (TPSA) is 52.4 Å². The molecule has 5 nitrogen and oxygen atoms in total. The molecule has 1 aromatic heterocycles. The van der Waals surface area contributed by atoms with Gasteiger partial charge in [-0.15, -0.1) is 0 Å². The van der Waals surface area contributed by atoms with E-state index < -0.39 is 0 Å². The molecule has 0 aromatic carbocycles. The Morgan fingerprint density at radius 3 is 2.56 bits per heavy atom. The highest BCUT2D eigenvalue weighted by atomic mass is 35.5. The normalized spacial score (nSPS) is 22.5. The van der Waals surface area contributed by atoms with Gasteiger partial charge in [-0.3, -0.25) is 4.90 Å². The average molecular weight is 361 g/mol. The summed E-state index contributed by atoms with van der Waals surface area (Å²) in [5.74, 6) is 0.975. The van der Waals surface area contributed by atoms with Crippen LogP contribution < -0.4 is 4.90 Å². The van der Waals surface area contributed by atoms with Crippen molar-refractivity contribution in [2.45, 2.75) is 51.1 Å². The Morgan fingerprint density at radius 1 is 1.08 bits per heavy atom. The lowest BCUT2D eigenvalue weighted by atomic mass is 9.90. The van der Waals surface area contributed by atoms with E-state index in [-0.39, 0.29) is 0 Å². The van der Waals surface area contributed by atoms with Gasteiger partial charge in [0.15, 0.2) is 0 Å². The van der Waals surface area contributed by atoms with Crippen LogP contribution in [0.2, 0.25) is 5.15 Å². The Bertz CT molecular complexity index is 675. The minimum atomic E-state index is 0.355. The highest BCUT2D eigenvalue weighted by Gasteiger charge is 2.31. The summed E-state index contributed by atoms with van der Waals surface area (Å²) < 4.78 is 5.49. The molecule has 3 heterocycles. The summed E-state index contributed by atoms with van der Waals surface area (Å²) >= 11 is 6.37. The molecule has 25 heavy (non-hydrogen) atoms. The molecule has 1 aromatic rings. The van der Waals surface area contributed by atoms with E-state index in [4.69, 9.17) is 16.3 Å². The maximum Gasteiger partial charge on any atom is 0.149 e. The van der Waals surface area contributed by atoms with Crippen molar-refractivity contribution in [2.24, 2.45) is 0 Å². The lowest BCUT2D eigenvalue weighted by Gasteiger charge is -2.40. The summed E-state index contributed by atoms with van der Waals surface area (Å²) in [6.45, 7) is 5.04. The molecule has 4 rings (SSSR count). The number of hydrogen-bond donors (Lipinski definition) is 0. The molecule has 1 saturated carbocycles. The van der Waals surface area contributed by atoms with Gasteiger partial charge in [0.05, 0.1) is 18.8 Å². The van der Waals surface area contributed by atoms with Gasteiger partial charge < -0.3 is 9.64 Å². The van der Waals surface area contributed by atoms with E-state index in [1.165, 1.54) is 37.7 Å². The second-order valence-corrected chi connectivity index (χ2v) is 7.64. The SMILES string of the molecule is N#Cc1c(Cl)nc(N2CCOCC2)c2c1CCN(C1CCCCC1)C2. The van der Waals surface area contributed by atoms with Crippen LogP contribution in [0.25, 0.3) is 0 Å². The fourth-order valence-electron chi connectivity index (χ4n) is 4.51. The van der Waals surface area contributed by atoms with Crippen LogP contribution >= 0.6 is 11.6 Å². The van der Waals surface area contributed by atoms with Crippen LogP contribution in [0.1, 0.15) is 48.8 Å². The third-order valence-corrected chi connectivity index (χ3v) is 6.14. The number of ether oxygens (including phenoxy) is 1. The van der Waals surface area contributed by atoms with Crippen LogP contribution in [0.4, 0.5) is 5.82 Å². The number of rotatable bonds is 2. The first-order valence-electron chi connectivity index (χ1n) is 9.46. The number of aromatic nitrogens is 1. The fraction of sp³-hybridized carbons (Fsp3) is 0.684. The number of morpholine rings is 1. The molecule has 2 aliphatic heterocycles. The van der Waals surface area contributed by atoms with Gasteiger partial charge in [-0.05, 0) is 24.8 Å². The maximum atomic E-state index is 9.57. The van der Waals surface area contributed by atoms with E-state index in [0.717, 1.165) is 57.2 Å². The number of fused-ring (bicyclic) bond motifs is 1. The van der Waals surface area contributed by atoms with Gasteiger partial charge in [0.25, 0.3) is 0 Å². The zero-order valence-electron chi connectivity index (χ0n) is 14.6. The van der Waals surface area contributed by atoms with Crippen molar-refractivity contribution in [1.82, 2.24) is 9.88 Å². The standard InChI is InChI=1S/C19H25ClN4O/c20-18-16(12-21)15-6-7-24(14-4-2-1-3-5-14)13-17(15)19(22-18)23-8-10-25-11-9-23/h14H,1-11,13H2. The Hall–Kier alpha value is -1.35. The van der Waals surface area contributed by atoms with Gasteiger partial charge in [0.1, 0.15) is 17.0 Å². The summed E-state index contributed by atoms with van der Waals surface area (Å²) in [6, 6.07) is 2.97. The zero-order chi connectivity index (χ0) is 17.2. The quantitative estimate of drug-likeness (QED) is 0.758. The lowest BCUT2D eigenvalue weighted by molar-refractivity contribution is 0.121. The minimum absolute atomic E-state index is 0.355. The molecule has 0 bridgehead atoms. The molecule has 0 amide bonds. The number of anilines is 1. The number of nitrogens with zero attached hydrogens (tertiary/aromatic N) is 4. The van der Waals surface area contributed by atoms with Crippen LogP contribution in [-0.2, 0) is 17.7 Å². The van der Waals surface area contributed by atoms with Crippen molar-refractivity contribution in [3.8, 4) is 6.07 Å². The number of halogens is 1. The molecule has 2 fully saturated rings. The molecule has 3 aliphatic rings. The van der Waals surface area contributed by atoms with Crippen molar-refractivity contribution in [3.05, 3.63) is 21.8 Å². The summed E-state index contributed by atoms with van der Waals surface area (Å²) in [6.07, 6.45) is 7.55. The van der Waals surface area contributed by atoms with E-state index in [9.17, 15) is 5.26 Å². The largest absolute Gasteiger partial charge is 0.378 e. The minimum Gasteiger partial charge on any atom is -0.378 e. The molecule has 0 N–H and O–H groups in total. The van der Waals surface area contributed by atoms with Gasteiger partial charge in [0, 0.05) is 37.8 Å². The Morgan fingerprint density at radius 2 is 1.84 bits per heavy atom. The number of nitriles is 1. The molecule has 1 saturated heterocycles. The van der Waals surface area contributed by atoms with Crippen molar-refractivity contribution in [3.63, 3.8) is 0 Å². The van der Waals surface area contributed by atoms with Crippen molar-refractivity contribution in [2.75, 3.05) is 37.7 Å². The first-order valence-corrected chi connectivity index (χ1v) is 9.84. The van der Waals surface area contributed by atoms with Gasteiger partial charge in [-0.1, -0.05) is 30.9 Å². The van der Waals surface area contributed by atoms with E-state index in [0.29, 0.717) is 16.8 Å². The average Bonchev–Trinajstić information content (AvgIpc) is 2.68. The summed E-state index contributed by atoms with van der Waals surface area (Å²) in [4.78, 5) is 9.54. The van der Waals surface area contributed by atoms with Gasteiger partial charge in [0.2, 0.25) is 0 Å². The van der Waals surface area contributed by atoms with E-state index in [1.807, 2.05) is 0 Å². The van der Waals surface area contributed by atoms with Gasteiger partial charge in [-0.2, -0.15) is 5.26 Å². The van der Waals surface area contributed by atoms with Crippen molar-refractivity contribution >= 4 is 17.4 Å². The molecule has 0 spiro atoms. The predicted octanol–water partition coefficient (Wildman–Crippen LogP) is 3.13. The van der Waals surface area contributed by atoms with Crippen LogP contribution in [-0.4, -0.2) is 48.8 Å². The van der Waals surface area contributed by atoms with Crippen LogP contribution in [0.3, 0.4) is 0 Å². The van der Waals surface area contributed by atoms with Crippen LogP contribution in [0, 0.1) is 11.3 Å². The lowest BCUT2D eigenvalue weighted by Crippen LogP contribution is -2.43. The molecule has 0 radical (unpaired) electrons. The third kappa shape index (κ3) is 3.36. The van der Waals surface area contributed by atoms with E-state index >= 15 is 0 Å². The monoisotopic (exact) mass is 360 g/mol. The number of pyridine rings is 1. The van der Waals surface area contributed by atoms with E-state index in [1.54, 1.807) is 0 Å². The zero-order valence-corrected chi connectivity index (χ0v) is 15.4. The Balaban J connectivity index is 1.69. The highest BCUT2D eigenvalue weighted by Crippen LogP contribution is 2.36. The third-order valence-electron chi connectivity index (χ3n) is 5.87. The van der Waals surface area contributed by atoms with Gasteiger partial charge >= 0.3 is 0 Å². The molecular formula is C19H25ClN4O. The maximum absolute atomic E-state index is 9.57. The molecule has 1 aliphatic carbocycles. The Kier molecular flexibility index (Phi) is 5.12. The first kappa shape index (κ1) is 17.1. The van der Waals surface area contributed by atoms with Crippen LogP contribution in [0.15, 0.2) is 0 Å². The molecular weight excluding hydrogens is 336 g/mol. The molecule has 6 heteroatoms. The molecule has 0 unspecified atom stereocenters. The molecule has 134 valence electrons. The summed E-state index contributed by atoms with van der Waals surface area (Å²) in [5, 5.41) is 9.92. The smallest absolute Gasteiger partial charge is 0.149 e. The first-order chi connectivity index (χ1) is 12.3. The second kappa shape index (κ2) is 7.49. The van der Waals surface area contributed by atoms with Crippen molar-refractivity contribution in [1.29, 1.82) is 5.26 Å². The number of hydrogen-bond acceptors (Lipinski definition) is 5. The van der Waals surface area contributed by atoms with E-state index in [2.05, 4.69) is 20.9 Å². The fourth-order valence-corrected chi connectivity index (χ4v) is 4.75. The highest BCUT2D eigenvalue weighted by molar-refractivity contribution is 6.30. The van der Waals surface area contributed by atoms with Gasteiger partial charge in [-0.25, -0.2) is 4.98 Å². The second-order valence-electron chi connectivity index (χ2n) is 7.28. The summed E-state index contributed by atoms with van der Waals surface area (Å²) in [7, 11) is 0.